The highest BCUT2D eigenvalue weighted by Gasteiger charge is 2.37. The molecule has 4 aromatic carbocycles. The van der Waals surface area contributed by atoms with Gasteiger partial charge >= 0.3 is 6.09 Å². The molecule has 0 aliphatic heterocycles. The van der Waals surface area contributed by atoms with Crippen LogP contribution in [0.1, 0.15) is 82.3 Å². The Labute approximate surface area is 367 Å². The van der Waals surface area contributed by atoms with Crippen molar-refractivity contribution in [2.75, 3.05) is 26.3 Å². The number of halogens is 2. The van der Waals surface area contributed by atoms with Gasteiger partial charge in [-0.05, 0) is 76.8 Å². The van der Waals surface area contributed by atoms with E-state index < -0.39 is 65.6 Å². The maximum atomic E-state index is 15.1. The summed E-state index contributed by atoms with van der Waals surface area (Å²) in [5.74, 6) is -3.23. The molecule has 11 nitrogen and oxygen atoms in total. The molecule has 0 spiro atoms. The first-order valence-electron chi connectivity index (χ1n) is 21.4. The third-order valence-electron chi connectivity index (χ3n) is 11.4. The number of nitrogens with zero attached hydrogens (tertiary/aromatic N) is 2. The lowest BCUT2D eigenvalue weighted by Crippen LogP contribution is -2.54. The Kier molecular flexibility index (Phi) is 14.8. The minimum absolute atomic E-state index is 0.0763. The number of rotatable bonds is 17. The van der Waals surface area contributed by atoms with Gasteiger partial charge in [-0.2, -0.15) is 0 Å². The molecule has 1 heterocycles. The number of benzene rings is 4. The highest BCUT2D eigenvalue weighted by Crippen LogP contribution is 2.45. The van der Waals surface area contributed by atoms with Crippen molar-refractivity contribution >= 4 is 23.8 Å². The first kappa shape index (κ1) is 46.2. The molecule has 3 atom stereocenters. The molecule has 1 aliphatic rings. The Bertz CT molecular complexity index is 2370. The Morgan fingerprint density at radius 1 is 0.810 bits per heavy atom. The highest BCUT2D eigenvalue weighted by atomic mass is 19.1. The van der Waals surface area contributed by atoms with Gasteiger partial charge in [0.05, 0.1) is 6.04 Å². The van der Waals surface area contributed by atoms with Crippen molar-refractivity contribution in [2.24, 2.45) is 11.3 Å². The summed E-state index contributed by atoms with van der Waals surface area (Å²) in [7, 11) is 0. The van der Waals surface area contributed by atoms with E-state index in [1.54, 1.807) is 31.0 Å². The fraction of sp³-hybridized carbons (Fsp3) is 0.360. The van der Waals surface area contributed by atoms with Gasteiger partial charge in [0.25, 0.3) is 0 Å². The van der Waals surface area contributed by atoms with E-state index in [0.717, 1.165) is 46.0 Å². The van der Waals surface area contributed by atoms with Gasteiger partial charge in [0.2, 0.25) is 17.7 Å². The summed E-state index contributed by atoms with van der Waals surface area (Å²) in [5.41, 5.74) is 5.82. The zero-order valence-electron chi connectivity index (χ0n) is 36.7. The van der Waals surface area contributed by atoms with E-state index in [2.05, 4.69) is 16.0 Å². The molecule has 1 aromatic heterocycles. The number of aromatic nitrogens is 1. The summed E-state index contributed by atoms with van der Waals surface area (Å²) in [4.78, 5) is 54.9. The molecule has 0 unspecified atom stereocenters. The molecule has 5 aromatic rings. The van der Waals surface area contributed by atoms with Crippen molar-refractivity contribution in [3.8, 4) is 22.3 Å². The SMILES string of the molecule is CC(C)[C@H](NC(=O)OCC1c2ccccc2-c2ccccc21)C(=O)N[C@@H](C)C(=O)NCCCN(C(=O)CO)[C@@H](c1cc(-c2cc(F)ccc2F)cn1Cc1ccccc1)C(C)(C)C. The molecule has 332 valence electrons. The average Bonchev–Trinajstić information content (AvgIpc) is 3.81. The first-order valence-corrected chi connectivity index (χ1v) is 21.4. The number of alkyl carbamates (subject to hydrolysis) is 1. The summed E-state index contributed by atoms with van der Waals surface area (Å²) >= 11 is 0. The van der Waals surface area contributed by atoms with Crippen molar-refractivity contribution in [3.63, 3.8) is 0 Å². The van der Waals surface area contributed by atoms with Gasteiger partial charge in [0, 0.05) is 48.6 Å². The number of aliphatic hydroxyl groups is 1. The van der Waals surface area contributed by atoms with E-state index in [0.29, 0.717) is 17.8 Å². The van der Waals surface area contributed by atoms with Crippen molar-refractivity contribution < 1.29 is 37.8 Å². The Morgan fingerprint density at radius 3 is 2.06 bits per heavy atom. The monoisotopic (exact) mass is 861 g/mol. The molecule has 63 heavy (non-hydrogen) atoms. The second-order valence-electron chi connectivity index (χ2n) is 17.5. The number of hydrogen-bond donors (Lipinski definition) is 4. The van der Waals surface area contributed by atoms with Crippen LogP contribution >= 0.6 is 0 Å². The minimum atomic E-state index is -0.984. The van der Waals surface area contributed by atoms with Crippen molar-refractivity contribution in [1.29, 1.82) is 0 Å². The number of carbonyl (C=O) groups is 4. The lowest BCUT2D eigenvalue weighted by Gasteiger charge is -2.41. The van der Waals surface area contributed by atoms with Crippen LogP contribution in [-0.2, 0) is 25.7 Å². The van der Waals surface area contributed by atoms with E-state index in [4.69, 9.17) is 4.74 Å². The number of amides is 4. The minimum Gasteiger partial charge on any atom is -0.449 e. The molecule has 0 bridgehead atoms. The third-order valence-corrected chi connectivity index (χ3v) is 11.4. The van der Waals surface area contributed by atoms with Crippen LogP contribution in [-0.4, -0.2) is 76.8 Å². The van der Waals surface area contributed by atoms with E-state index in [-0.39, 0.29) is 43.5 Å². The second kappa shape index (κ2) is 20.2. The molecule has 1 aliphatic carbocycles. The fourth-order valence-corrected chi connectivity index (χ4v) is 8.39. The van der Waals surface area contributed by atoms with E-state index >= 15 is 4.39 Å². The molecule has 4 amide bonds. The summed E-state index contributed by atoms with van der Waals surface area (Å²) < 4.78 is 37.1. The summed E-state index contributed by atoms with van der Waals surface area (Å²) in [6.45, 7) is 10.9. The third kappa shape index (κ3) is 11.0. The number of fused-ring (bicyclic) bond motifs is 3. The molecule has 0 saturated carbocycles. The predicted molar refractivity (Wildman–Crippen MR) is 238 cm³/mol. The topological polar surface area (TPSA) is 142 Å². The zero-order valence-corrected chi connectivity index (χ0v) is 36.7. The van der Waals surface area contributed by atoms with Gasteiger partial charge in [-0.3, -0.25) is 14.4 Å². The normalized spacial score (nSPS) is 13.7. The van der Waals surface area contributed by atoms with Crippen molar-refractivity contribution in [3.05, 3.63) is 143 Å². The summed E-state index contributed by atoms with van der Waals surface area (Å²) in [6.07, 6.45) is 1.28. The average molecular weight is 862 g/mol. The van der Waals surface area contributed by atoms with Crippen LogP contribution < -0.4 is 16.0 Å². The lowest BCUT2D eigenvalue weighted by molar-refractivity contribution is -0.139. The molecular formula is C50H57F2N5O6. The van der Waals surface area contributed by atoms with Crippen molar-refractivity contribution in [2.45, 2.75) is 78.6 Å². The van der Waals surface area contributed by atoms with Crippen LogP contribution in [0.15, 0.2) is 109 Å². The van der Waals surface area contributed by atoms with Crippen LogP contribution in [0.3, 0.4) is 0 Å². The molecule has 4 N–H and O–H groups in total. The fourth-order valence-electron chi connectivity index (χ4n) is 8.39. The van der Waals surface area contributed by atoms with E-state index in [9.17, 15) is 28.7 Å². The number of carbonyl (C=O) groups excluding carboxylic acids is 4. The first-order chi connectivity index (χ1) is 30.1. The molecule has 0 saturated heterocycles. The van der Waals surface area contributed by atoms with Gasteiger partial charge in [-0.15, -0.1) is 0 Å². The van der Waals surface area contributed by atoms with Crippen LogP contribution in [0.4, 0.5) is 13.6 Å². The van der Waals surface area contributed by atoms with Crippen LogP contribution in [0, 0.1) is 23.0 Å². The smallest absolute Gasteiger partial charge is 0.407 e. The van der Waals surface area contributed by atoms with Crippen LogP contribution in [0.5, 0.6) is 0 Å². The van der Waals surface area contributed by atoms with Gasteiger partial charge < -0.3 is 35.3 Å². The lowest BCUT2D eigenvalue weighted by atomic mass is 9.83. The zero-order chi connectivity index (χ0) is 45.4. The van der Waals surface area contributed by atoms with Crippen LogP contribution in [0.2, 0.25) is 0 Å². The molecular weight excluding hydrogens is 805 g/mol. The van der Waals surface area contributed by atoms with E-state index in [1.807, 2.05) is 104 Å². The summed E-state index contributed by atoms with van der Waals surface area (Å²) in [6, 6.07) is 28.0. The Hall–Kier alpha value is -6.34. The maximum absolute atomic E-state index is 15.1. The molecule has 6 rings (SSSR count). The number of nitrogens with one attached hydrogen (secondary N) is 3. The number of hydrogen-bond acceptors (Lipinski definition) is 6. The molecule has 0 fully saturated rings. The molecule has 13 heteroatoms. The Balaban J connectivity index is 1.08. The van der Waals surface area contributed by atoms with Gasteiger partial charge in [-0.1, -0.05) is 113 Å². The van der Waals surface area contributed by atoms with Crippen LogP contribution in [0.25, 0.3) is 22.3 Å². The van der Waals surface area contributed by atoms with Gasteiger partial charge in [0.15, 0.2) is 0 Å². The van der Waals surface area contributed by atoms with Crippen molar-refractivity contribution in [1.82, 2.24) is 25.4 Å². The Morgan fingerprint density at radius 2 is 1.44 bits per heavy atom. The van der Waals surface area contributed by atoms with E-state index in [1.165, 1.54) is 6.92 Å². The standard InChI is InChI=1S/C50H57F2N5O6/c1-31(2)45(55-49(62)63-30-41-38-19-12-10-17-36(38)37-18-11-13-20-39(37)41)48(61)54-32(3)47(60)53-23-14-24-57(44(59)29-58)46(50(4,5)6)43-25-34(40-26-35(51)21-22-42(40)52)28-56(43)27-33-15-8-7-9-16-33/h7-13,15-22,25-26,28,31-32,41,45-46,58H,14,23-24,27,29-30H2,1-6H3,(H,53,60)(H,54,61)(H,55,62)/t32-,45-,46-/m0/s1. The van der Waals surface area contributed by atoms with Gasteiger partial charge in [0.1, 0.15) is 36.9 Å². The largest absolute Gasteiger partial charge is 0.449 e. The predicted octanol–water partition coefficient (Wildman–Crippen LogP) is 7.96. The summed E-state index contributed by atoms with van der Waals surface area (Å²) in [5, 5.41) is 18.4. The quantitative estimate of drug-likeness (QED) is 0.0700. The number of ether oxygens (including phenoxy) is 1. The molecule has 0 radical (unpaired) electrons. The highest BCUT2D eigenvalue weighted by molar-refractivity contribution is 5.91. The second-order valence-corrected chi connectivity index (χ2v) is 17.5. The van der Waals surface area contributed by atoms with Gasteiger partial charge in [-0.25, -0.2) is 13.6 Å². The maximum Gasteiger partial charge on any atom is 0.407 e. The number of aliphatic hydroxyl groups excluding tert-OH is 1.